The van der Waals surface area contributed by atoms with Crippen LogP contribution in [0, 0.1) is 5.82 Å². The second kappa shape index (κ2) is 8.80. The smallest absolute Gasteiger partial charge is 0.224 e. The van der Waals surface area contributed by atoms with Crippen LogP contribution in [-0.2, 0) is 11.2 Å². The summed E-state index contributed by atoms with van der Waals surface area (Å²) in [6, 6.07) is 12.3. The summed E-state index contributed by atoms with van der Waals surface area (Å²) in [5.74, 6) is 0.524. The lowest BCUT2D eigenvalue weighted by Gasteiger charge is -2.36. The second-order valence-corrected chi connectivity index (χ2v) is 7.60. The van der Waals surface area contributed by atoms with Crippen molar-refractivity contribution < 1.29 is 19.0 Å². The maximum Gasteiger partial charge on any atom is 0.224 e. The van der Waals surface area contributed by atoms with Gasteiger partial charge in [-0.25, -0.2) is 4.39 Å². The molecule has 0 aliphatic carbocycles. The average molecular weight is 399 g/mol. The Hall–Kier alpha value is -2.64. The van der Waals surface area contributed by atoms with Crippen LogP contribution in [-0.4, -0.2) is 61.3 Å². The van der Waals surface area contributed by atoms with Crippen molar-refractivity contribution >= 4 is 17.3 Å². The molecule has 1 saturated heterocycles. The van der Waals surface area contributed by atoms with Crippen LogP contribution in [0.1, 0.15) is 12.0 Å². The van der Waals surface area contributed by atoms with Gasteiger partial charge < -0.3 is 20.1 Å². The second-order valence-electron chi connectivity index (χ2n) is 7.60. The molecule has 29 heavy (non-hydrogen) atoms. The Morgan fingerprint density at radius 1 is 1.10 bits per heavy atom. The Bertz CT molecular complexity index is 868. The fraction of sp³-hybridized carbons (Fsp3) is 0.409. The third-order valence-corrected chi connectivity index (χ3v) is 5.43. The first kappa shape index (κ1) is 19.7. The molecular weight excluding hydrogens is 373 g/mol. The van der Waals surface area contributed by atoms with E-state index in [2.05, 4.69) is 15.1 Å². The van der Waals surface area contributed by atoms with Gasteiger partial charge in [0.05, 0.1) is 0 Å². The number of fused-ring (bicyclic) bond motifs is 1. The molecule has 0 bridgehead atoms. The van der Waals surface area contributed by atoms with Crippen molar-refractivity contribution in [2.75, 3.05) is 49.5 Å². The van der Waals surface area contributed by atoms with Crippen molar-refractivity contribution in [2.45, 2.75) is 18.9 Å². The Balaban J connectivity index is 1.22. The van der Waals surface area contributed by atoms with Gasteiger partial charge in [-0.15, -0.1) is 0 Å². The topological polar surface area (TPSA) is 65.0 Å². The number of carbonyl (C=O) groups is 1. The largest absolute Gasteiger partial charge is 0.491 e. The highest BCUT2D eigenvalue weighted by Crippen LogP contribution is 2.27. The van der Waals surface area contributed by atoms with Crippen molar-refractivity contribution in [3.63, 3.8) is 0 Å². The number of halogens is 1. The van der Waals surface area contributed by atoms with Crippen molar-refractivity contribution in [2.24, 2.45) is 0 Å². The van der Waals surface area contributed by atoms with E-state index in [1.165, 1.54) is 6.07 Å². The maximum atomic E-state index is 13.4. The molecule has 2 aliphatic heterocycles. The third-order valence-electron chi connectivity index (χ3n) is 5.43. The van der Waals surface area contributed by atoms with Crippen LogP contribution in [0.25, 0.3) is 0 Å². The molecule has 1 atom stereocenters. The van der Waals surface area contributed by atoms with E-state index < -0.39 is 6.10 Å². The molecule has 1 fully saturated rings. The zero-order valence-corrected chi connectivity index (χ0v) is 16.3. The predicted octanol–water partition coefficient (Wildman–Crippen LogP) is 2.27. The van der Waals surface area contributed by atoms with Gasteiger partial charge in [0.25, 0.3) is 0 Å². The summed E-state index contributed by atoms with van der Waals surface area (Å²) in [6.45, 7) is 3.98. The minimum absolute atomic E-state index is 0.0408. The molecule has 2 aliphatic rings. The van der Waals surface area contributed by atoms with Crippen molar-refractivity contribution in [3.8, 4) is 5.75 Å². The number of hydrogen-bond acceptors (Lipinski definition) is 5. The van der Waals surface area contributed by atoms with Crippen LogP contribution < -0.4 is 15.0 Å². The Morgan fingerprint density at radius 2 is 1.93 bits per heavy atom. The SMILES string of the molecule is O=C1CCc2cc(OCC(O)CN3CCN(c4cccc(F)c4)CC3)ccc2N1. The number of amides is 1. The fourth-order valence-corrected chi connectivity index (χ4v) is 3.85. The molecule has 0 saturated carbocycles. The van der Waals surface area contributed by atoms with Gasteiger partial charge in [0.1, 0.15) is 24.3 Å². The quantitative estimate of drug-likeness (QED) is 0.780. The molecule has 2 heterocycles. The lowest BCUT2D eigenvalue weighted by atomic mass is 10.0. The summed E-state index contributed by atoms with van der Waals surface area (Å²) in [6.07, 6.45) is 0.600. The van der Waals surface area contributed by atoms with E-state index in [4.69, 9.17) is 4.74 Å². The number of aryl methyl sites for hydroxylation is 1. The van der Waals surface area contributed by atoms with Gasteiger partial charge in [0.2, 0.25) is 5.91 Å². The first-order chi connectivity index (χ1) is 14.1. The van der Waals surface area contributed by atoms with E-state index in [9.17, 15) is 14.3 Å². The molecule has 1 amide bonds. The number of nitrogens with one attached hydrogen (secondary N) is 1. The number of β-amino-alcohol motifs (C(OH)–C–C–N with tert-alkyl or cyclic N) is 1. The minimum atomic E-state index is -0.591. The lowest BCUT2D eigenvalue weighted by Crippen LogP contribution is -2.49. The molecule has 0 radical (unpaired) electrons. The number of carbonyl (C=O) groups excluding carboxylic acids is 1. The highest BCUT2D eigenvalue weighted by Gasteiger charge is 2.20. The molecule has 2 aromatic carbocycles. The van der Waals surface area contributed by atoms with Crippen molar-refractivity contribution in [3.05, 3.63) is 53.8 Å². The molecule has 7 heteroatoms. The Morgan fingerprint density at radius 3 is 2.72 bits per heavy atom. The lowest BCUT2D eigenvalue weighted by molar-refractivity contribution is -0.116. The highest BCUT2D eigenvalue weighted by atomic mass is 19.1. The number of aliphatic hydroxyl groups is 1. The van der Waals surface area contributed by atoms with Gasteiger partial charge in [-0.3, -0.25) is 9.69 Å². The minimum Gasteiger partial charge on any atom is -0.491 e. The molecule has 1 unspecified atom stereocenters. The number of aliphatic hydroxyl groups excluding tert-OH is 1. The molecule has 154 valence electrons. The van der Waals surface area contributed by atoms with Gasteiger partial charge in [-0.05, 0) is 48.4 Å². The van der Waals surface area contributed by atoms with Crippen LogP contribution >= 0.6 is 0 Å². The highest BCUT2D eigenvalue weighted by molar-refractivity contribution is 5.93. The zero-order valence-electron chi connectivity index (χ0n) is 16.3. The monoisotopic (exact) mass is 399 g/mol. The van der Waals surface area contributed by atoms with Crippen LogP contribution in [0.2, 0.25) is 0 Å². The van der Waals surface area contributed by atoms with E-state index >= 15 is 0 Å². The standard InChI is InChI=1S/C22H26FN3O3/c23-17-2-1-3-18(13-17)26-10-8-25(9-11-26)14-19(27)15-29-20-5-6-21-16(12-20)4-7-22(28)24-21/h1-3,5-6,12-13,19,27H,4,7-11,14-15H2,(H,24,28). The molecular formula is C22H26FN3O3. The molecule has 2 aromatic rings. The van der Waals surface area contributed by atoms with Gasteiger partial charge in [0, 0.05) is 50.5 Å². The molecule has 4 rings (SSSR count). The number of benzene rings is 2. The summed E-state index contributed by atoms with van der Waals surface area (Å²) in [5.41, 5.74) is 2.80. The van der Waals surface area contributed by atoms with Crippen LogP contribution in [0.3, 0.4) is 0 Å². The molecule has 2 N–H and O–H groups in total. The molecule has 6 nitrogen and oxygen atoms in total. The number of ether oxygens (including phenoxy) is 1. The van der Waals surface area contributed by atoms with E-state index in [-0.39, 0.29) is 18.3 Å². The predicted molar refractivity (Wildman–Crippen MR) is 110 cm³/mol. The summed E-state index contributed by atoms with van der Waals surface area (Å²) in [4.78, 5) is 15.8. The Kier molecular flexibility index (Phi) is 5.97. The first-order valence-electron chi connectivity index (χ1n) is 10.0. The van der Waals surface area contributed by atoms with E-state index in [0.29, 0.717) is 25.1 Å². The van der Waals surface area contributed by atoms with Crippen molar-refractivity contribution in [1.82, 2.24) is 4.90 Å². The summed E-state index contributed by atoms with van der Waals surface area (Å²) < 4.78 is 19.2. The number of rotatable bonds is 6. The van der Waals surface area contributed by atoms with Gasteiger partial charge in [0.15, 0.2) is 0 Å². The van der Waals surface area contributed by atoms with E-state index in [1.807, 2.05) is 24.3 Å². The van der Waals surface area contributed by atoms with E-state index in [1.54, 1.807) is 12.1 Å². The van der Waals surface area contributed by atoms with E-state index in [0.717, 1.165) is 43.1 Å². The third kappa shape index (κ3) is 5.05. The summed E-state index contributed by atoms with van der Waals surface area (Å²) in [7, 11) is 0. The number of anilines is 2. The molecule has 0 aromatic heterocycles. The Labute approximate surface area is 169 Å². The maximum absolute atomic E-state index is 13.4. The number of hydrogen-bond donors (Lipinski definition) is 2. The fourth-order valence-electron chi connectivity index (χ4n) is 3.85. The van der Waals surface area contributed by atoms with Gasteiger partial charge >= 0.3 is 0 Å². The molecule has 0 spiro atoms. The summed E-state index contributed by atoms with van der Waals surface area (Å²) in [5, 5.41) is 13.2. The normalized spacial score (nSPS) is 18.1. The first-order valence-corrected chi connectivity index (χ1v) is 10.0. The number of piperazine rings is 1. The van der Waals surface area contributed by atoms with Crippen LogP contribution in [0.4, 0.5) is 15.8 Å². The van der Waals surface area contributed by atoms with Crippen molar-refractivity contribution in [1.29, 1.82) is 0 Å². The number of nitrogens with zero attached hydrogens (tertiary/aromatic N) is 2. The average Bonchev–Trinajstić information content (AvgIpc) is 2.73. The summed E-state index contributed by atoms with van der Waals surface area (Å²) >= 11 is 0. The van der Waals surface area contributed by atoms with Gasteiger partial charge in [-0.2, -0.15) is 0 Å². The van der Waals surface area contributed by atoms with Crippen LogP contribution in [0.5, 0.6) is 5.75 Å². The zero-order chi connectivity index (χ0) is 20.2. The van der Waals surface area contributed by atoms with Gasteiger partial charge in [-0.1, -0.05) is 6.07 Å². The van der Waals surface area contributed by atoms with Crippen LogP contribution in [0.15, 0.2) is 42.5 Å².